The molecular weight excluding hydrogens is 573 g/mol. The Morgan fingerprint density at radius 3 is 2.14 bits per heavy atom. The van der Waals surface area contributed by atoms with Crippen LogP contribution in [0.25, 0.3) is 33.7 Å². The van der Waals surface area contributed by atoms with E-state index >= 15 is 4.39 Å². The number of hydrogen-bond donors (Lipinski definition) is 5. The number of pyridine rings is 1. The minimum atomic E-state index is -1.39. The monoisotopic (exact) mass is 596 g/mol. The first-order chi connectivity index (χ1) is 21.1. The summed E-state index contributed by atoms with van der Waals surface area (Å²) in [4.78, 5) is 14.8. The van der Waals surface area contributed by atoms with Crippen molar-refractivity contribution in [3.63, 3.8) is 0 Å². The van der Waals surface area contributed by atoms with Crippen molar-refractivity contribution in [1.29, 1.82) is 0 Å². The van der Waals surface area contributed by atoms with Gasteiger partial charge in [0.15, 0.2) is 17.7 Å². The molecule has 2 heterocycles. The minimum absolute atomic E-state index is 0.0157. The second kappa shape index (κ2) is 11.5. The highest BCUT2D eigenvalue weighted by Crippen LogP contribution is 2.37. The molecule has 10 heteroatoms. The zero-order valence-electron chi connectivity index (χ0n) is 22.7. The zero-order valence-corrected chi connectivity index (χ0v) is 22.7. The van der Waals surface area contributed by atoms with Crippen molar-refractivity contribution in [3.8, 4) is 39.6 Å². The zero-order chi connectivity index (χ0) is 31.0. The normalized spacial score (nSPS) is 14.6. The molecule has 1 atom stereocenters. The highest BCUT2D eigenvalue weighted by Gasteiger charge is 2.25. The molecule has 220 valence electrons. The van der Waals surface area contributed by atoms with Crippen LogP contribution in [0.15, 0.2) is 114 Å². The molecule has 1 unspecified atom stereocenters. The molecule has 7 nitrogen and oxygen atoms in total. The Morgan fingerprint density at radius 1 is 0.705 bits per heavy atom. The minimum Gasteiger partial charge on any atom is -0.508 e. The second-order valence-corrected chi connectivity index (χ2v) is 10.00. The number of allylic oxidation sites excluding steroid dienone is 2. The molecule has 0 amide bonds. The third-order valence-corrected chi connectivity index (χ3v) is 6.97. The number of aromatic nitrogens is 1. The van der Waals surface area contributed by atoms with Gasteiger partial charge < -0.3 is 30.4 Å². The summed E-state index contributed by atoms with van der Waals surface area (Å²) < 4.78 is 48.7. The van der Waals surface area contributed by atoms with Crippen molar-refractivity contribution in [2.45, 2.75) is 6.23 Å². The molecule has 44 heavy (non-hydrogen) atoms. The van der Waals surface area contributed by atoms with Crippen molar-refractivity contribution in [2.24, 2.45) is 0 Å². The van der Waals surface area contributed by atoms with Gasteiger partial charge in [-0.25, -0.2) is 13.2 Å². The van der Waals surface area contributed by atoms with E-state index in [1.54, 1.807) is 30.3 Å². The van der Waals surface area contributed by atoms with E-state index in [-0.39, 0.29) is 39.6 Å². The summed E-state index contributed by atoms with van der Waals surface area (Å²) in [5.74, 6) is -2.36. The number of phenols is 1. The fourth-order valence-electron chi connectivity index (χ4n) is 4.92. The third kappa shape index (κ3) is 5.79. The van der Waals surface area contributed by atoms with Gasteiger partial charge in [0.05, 0.1) is 11.4 Å². The first-order valence-electron chi connectivity index (χ1n) is 13.3. The van der Waals surface area contributed by atoms with Crippen LogP contribution < -0.4 is 15.6 Å². The summed E-state index contributed by atoms with van der Waals surface area (Å²) in [6, 6.07) is 22.1. The van der Waals surface area contributed by atoms with Crippen LogP contribution in [-0.2, 0) is 0 Å². The lowest BCUT2D eigenvalue weighted by Gasteiger charge is -2.27. The van der Waals surface area contributed by atoms with E-state index in [0.29, 0.717) is 22.4 Å². The molecule has 1 aliphatic heterocycles. The number of aromatic hydroxyl groups is 2. The fourth-order valence-corrected chi connectivity index (χ4v) is 4.92. The number of ether oxygens (including phenoxy) is 1. The number of benzene rings is 4. The maximum absolute atomic E-state index is 15.0. The third-order valence-electron chi connectivity index (χ3n) is 6.97. The first kappa shape index (κ1) is 28.4. The number of H-pyrrole nitrogens is 1. The Labute approximate surface area is 248 Å². The van der Waals surface area contributed by atoms with Gasteiger partial charge >= 0.3 is 0 Å². The van der Waals surface area contributed by atoms with Gasteiger partial charge in [-0.15, -0.1) is 0 Å². The summed E-state index contributed by atoms with van der Waals surface area (Å²) in [6.07, 6.45) is 0.139. The Kier molecular flexibility index (Phi) is 7.42. The van der Waals surface area contributed by atoms with Crippen LogP contribution in [-0.4, -0.2) is 26.5 Å². The number of halogens is 3. The quantitative estimate of drug-likeness (QED) is 0.157. The van der Waals surface area contributed by atoms with Gasteiger partial charge in [0, 0.05) is 22.8 Å². The number of aliphatic hydroxyl groups is 1. The summed E-state index contributed by atoms with van der Waals surface area (Å²) in [5.41, 5.74) is 2.18. The van der Waals surface area contributed by atoms with Crippen molar-refractivity contribution in [1.82, 2.24) is 10.3 Å². The summed E-state index contributed by atoms with van der Waals surface area (Å²) in [6.45, 7) is 0. The van der Waals surface area contributed by atoms with Gasteiger partial charge in [-0.3, -0.25) is 4.79 Å². The lowest BCUT2D eigenvalue weighted by atomic mass is 9.96. The van der Waals surface area contributed by atoms with Crippen LogP contribution in [0.4, 0.5) is 13.2 Å². The number of dihydropyridines is 1. The van der Waals surface area contributed by atoms with Crippen molar-refractivity contribution >= 4 is 11.3 Å². The van der Waals surface area contributed by atoms with Gasteiger partial charge in [-0.05, 0) is 89.5 Å². The lowest BCUT2D eigenvalue weighted by Crippen LogP contribution is -2.34. The van der Waals surface area contributed by atoms with Crippen LogP contribution in [0, 0.1) is 17.5 Å². The predicted molar refractivity (Wildman–Crippen MR) is 159 cm³/mol. The number of phenolic OH excluding ortho intramolecular Hbond substituents is 1. The molecule has 0 saturated carbocycles. The molecular formula is C34H23F3N2O5. The molecule has 1 aliphatic rings. The SMILES string of the molecule is O=c1[nH]c(-c2cccc(F)c2)c(-c2cc(F)cc(OC3=CC(c4ccc(F)cc4)=C(c4ccc(O)cc4)NC3O)c2)cc1O. The fraction of sp³-hybridized carbons (Fsp3) is 0.0294. The Morgan fingerprint density at radius 2 is 1.41 bits per heavy atom. The molecule has 4 aromatic carbocycles. The van der Waals surface area contributed by atoms with E-state index < -0.39 is 35.0 Å². The van der Waals surface area contributed by atoms with Crippen molar-refractivity contribution in [2.75, 3.05) is 0 Å². The highest BCUT2D eigenvalue weighted by molar-refractivity contribution is 5.96. The number of hydrogen-bond acceptors (Lipinski definition) is 6. The van der Waals surface area contributed by atoms with Gasteiger partial charge in [-0.2, -0.15) is 0 Å². The molecule has 0 aliphatic carbocycles. The average Bonchev–Trinajstić information content (AvgIpc) is 3.00. The van der Waals surface area contributed by atoms with Gasteiger partial charge in [0.25, 0.3) is 5.56 Å². The smallest absolute Gasteiger partial charge is 0.290 e. The molecule has 0 bridgehead atoms. The molecule has 5 aromatic rings. The average molecular weight is 597 g/mol. The Bertz CT molecular complexity index is 2000. The maximum atomic E-state index is 15.0. The summed E-state index contributed by atoms with van der Waals surface area (Å²) in [7, 11) is 0. The number of nitrogens with one attached hydrogen (secondary N) is 2. The summed E-state index contributed by atoms with van der Waals surface area (Å²) in [5, 5.41) is 33.9. The van der Waals surface area contributed by atoms with E-state index in [1.807, 2.05) is 0 Å². The van der Waals surface area contributed by atoms with E-state index in [2.05, 4.69) is 10.3 Å². The van der Waals surface area contributed by atoms with Crippen LogP contribution in [0.3, 0.4) is 0 Å². The van der Waals surface area contributed by atoms with Crippen LogP contribution in [0.2, 0.25) is 0 Å². The number of aromatic amines is 1. The molecule has 1 aromatic heterocycles. The standard InChI is InChI=1S/C34H23F3N2O5/c35-22-8-4-18(5-9-22)28-17-30(34(43)39-31(28)19-6-10-25(40)11-7-19)44-26-14-21(13-24(37)15-26)27-16-29(41)33(42)38-32(27)20-2-1-3-23(36)12-20/h1-17,34,39-41,43H,(H,38,42). The second-order valence-electron chi connectivity index (χ2n) is 10.00. The predicted octanol–water partition coefficient (Wildman–Crippen LogP) is 6.29. The lowest BCUT2D eigenvalue weighted by molar-refractivity contribution is 0.144. The highest BCUT2D eigenvalue weighted by atomic mass is 19.1. The molecule has 0 saturated heterocycles. The first-order valence-corrected chi connectivity index (χ1v) is 13.3. The van der Waals surface area contributed by atoms with E-state index in [0.717, 1.165) is 18.2 Å². The van der Waals surface area contributed by atoms with Gasteiger partial charge in [0.2, 0.25) is 0 Å². The largest absolute Gasteiger partial charge is 0.508 e. The number of rotatable bonds is 6. The van der Waals surface area contributed by atoms with Gasteiger partial charge in [-0.1, -0.05) is 24.3 Å². The Hall–Kier alpha value is -5.74. The van der Waals surface area contributed by atoms with Crippen molar-refractivity contribution in [3.05, 3.63) is 148 Å². The molecule has 0 spiro atoms. The molecule has 6 rings (SSSR count). The number of aliphatic hydroxyl groups excluding tert-OH is 1. The van der Waals surface area contributed by atoms with E-state index in [9.17, 15) is 28.9 Å². The maximum Gasteiger partial charge on any atom is 0.290 e. The van der Waals surface area contributed by atoms with E-state index in [4.69, 9.17) is 4.74 Å². The molecule has 0 fully saturated rings. The van der Waals surface area contributed by atoms with Crippen LogP contribution >= 0.6 is 0 Å². The van der Waals surface area contributed by atoms with Gasteiger partial charge in [0.1, 0.15) is 29.0 Å². The van der Waals surface area contributed by atoms with E-state index in [1.165, 1.54) is 54.6 Å². The molecule has 0 radical (unpaired) electrons. The summed E-state index contributed by atoms with van der Waals surface area (Å²) >= 11 is 0. The molecule has 5 N–H and O–H groups in total. The topological polar surface area (TPSA) is 115 Å². The van der Waals surface area contributed by atoms with Crippen LogP contribution in [0.1, 0.15) is 11.1 Å². The Balaban J connectivity index is 1.44. The van der Waals surface area contributed by atoms with Crippen molar-refractivity contribution < 1.29 is 33.2 Å². The van der Waals surface area contributed by atoms with Crippen LogP contribution in [0.5, 0.6) is 17.2 Å².